The molecule has 0 saturated heterocycles. The van der Waals surface area contributed by atoms with Crippen LogP contribution < -0.4 is 4.72 Å². The van der Waals surface area contributed by atoms with Gasteiger partial charge in [0.05, 0.1) is 4.90 Å². The van der Waals surface area contributed by atoms with Crippen LogP contribution in [0.2, 0.25) is 0 Å². The summed E-state index contributed by atoms with van der Waals surface area (Å²) in [6.07, 6.45) is 0.718. The van der Waals surface area contributed by atoms with Gasteiger partial charge in [-0.3, -0.25) is 0 Å². The van der Waals surface area contributed by atoms with Crippen LogP contribution in [0.1, 0.15) is 35.6 Å². The van der Waals surface area contributed by atoms with Crippen LogP contribution in [0, 0.1) is 32.4 Å². The number of benzene rings is 2. The zero-order valence-corrected chi connectivity index (χ0v) is 15.7. The zero-order chi connectivity index (χ0) is 18.8. The van der Waals surface area contributed by atoms with Crippen LogP contribution in [-0.2, 0) is 16.4 Å². The number of hydrogen-bond donors (Lipinski definition) is 1. The van der Waals surface area contributed by atoms with Gasteiger partial charge in [0.1, 0.15) is 11.6 Å². The predicted octanol–water partition coefficient (Wildman–Crippen LogP) is 4.19. The molecular weight excluding hydrogens is 344 g/mol. The lowest BCUT2D eigenvalue weighted by molar-refractivity contribution is 0.532. The summed E-state index contributed by atoms with van der Waals surface area (Å²) in [6, 6.07) is 6.44. The highest BCUT2D eigenvalue weighted by molar-refractivity contribution is 7.89. The van der Waals surface area contributed by atoms with E-state index in [9.17, 15) is 17.2 Å². The molecule has 0 amide bonds. The quantitative estimate of drug-likeness (QED) is 0.832. The van der Waals surface area contributed by atoms with E-state index in [2.05, 4.69) is 4.72 Å². The predicted molar refractivity (Wildman–Crippen MR) is 95.1 cm³/mol. The maximum atomic E-state index is 13.4. The fraction of sp³-hybridized carbons (Fsp3) is 0.368. The van der Waals surface area contributed by atoms with Crippen LogP contribution in [0.3, 0.4) is 0 Å². The Morgan fingerprint density at radius 1 is 0.960 bits per heavy atom. The van der Waals surface area contributed by atoms with Crippen LogP contribution in [0.15, 0.2) is 35.2 Å². The lowest BCUT2D eigenvalue weighted by Crippen LogP contribution is -2.36. The molecule has 0 fully saturated rings. The largest absolute Gasteiger partial charge is 0.241 e. The second-order valence-electron chi connectivity index (χ2n) is 6.44. The molecule has 0 aliphatic rings. The van der Waals surface area contributed by atoms with Gasteiger partial charge in [-0.2, -0.15) is 0 Å². The number of nitrogens with one attached hydrogen (secondary N) is 1. The van der Waals surface area contributed by atoms with Gasteiger partial charge in [-0.05, 0) is 62.4 Å². The van der Waals surface area contributed by atoms with Gasteiger partial charge in [-0.25, -0.2) is 21.9 Å². The third kappa shape index (κ3) is 4.86. The fourth-order valence-corrected chi connectivity index (χ4v) is 4.92. The highest BCUT2D eigenvalue weighted by atomic mass is 32.2. The third-order valence-electron chi connectivity index (χ3n) is 4.09. The van der Waals surface area contributed by atoms with Crippen molar-refractivity contribution in [2.45, 2.75) is 51.5 Å². The molecule has 0 heterocycles. The maximum Gasteiger partial charge on any atom is 0.241 e. The number of halogens is 2. The van der Waals surface area contributed by atoms with Crippen molar-refractivity contribution in [1.29, 1.82) is 0 Å². The Kier molecular flexibility index (Phi) is 5.95. The average Bonchev–Trinajstić information content (AvgIpc) is 2.43. The molecule has 25 heavy (non-hydrogen) atoms. The van der Waals surface area contributed by atoms with Gasteiger partial charge >= 0.3 is 0 Å². The van der Waals surface area contributed by atoms with Crippen molar-refractivity contribution in [2.24, 2.45) is 0 Å². The second kappa shape index (κ2) is 7.62. The number of hydrogen-bond acceptors (Lipinski definition) is 2. The summed E-state index contributed by atoms with van der Waals surface area (Å²) >= 11 is 0. The van der Waals surface area contributed by atoms with E-state index in [1.165, 1.54) is 12.1 Å². The molecule has 0 spiro atoms. The summed E-state index contributed by atoms with van der Waals surface area (Å²) in [6.45, 7) is 7.27. The third-order valence-corrected chi connectivity index (χ3v) is 5.92. The Hall–Kier alpha value is -1.79. The first-order valence-corrected chi connectivity index (χ1v) is 9.66. The van der Waals surface area contributed by atoms with E-state index in [0.717, 1.165) is 11.6 Å². The molecule has 2 aromatic carbocycles. The molecular formula is C19H23F2NO2S. The first-order chi connectivity index (χ1) is 11.6. The van der Waals surface area contributed by atoms with Crippen LogP contribution in [-0.4, -0.2) is 14.5 Å². The van der Waals surface area contributed by atoms with Gasteiger partial charge in [-0.15, -0.1) is 0 Å². The topological polar surface area (TPSA) is 46.2 Å². The van der Waals surface area contributed by atoms with Crippen molar-refractivity contribution in [3.63, 3.8) is 0 Å². The van der Waals surface area contributed by atoms with Crippen LogP contribution >= 0.6 is 0 Å². The van der Waals surface area contributed by atoms with Crippen LogP contribution in [0.5, 0.6) is 0 Å². The summed E-state index contributed by atoms with van der Waals surface area (Å²) < 4.78 is 55.0. The van der Waals surface area contributed by atoms with Gasteiger partial charge in [0, 0.05) is 12.1 Å². The normalized spacial score (nSPS) is 13.0. The maximum absolute atomic E-state index is 13.4. The highest BCUT2D eigenvalue weighted by Gasteiger charge is 2.23. The van der Waals surface area contributed by atoms with Crippen molar-refractivity contribution in [1.82, 2.24) is 4.72 Å². The minimum Gasteiger partial charge on any atom is -0.208 e. The van der Waals surface area contributed by atoms with Crippen molar-refractivity contribution >= 4 is 10.0 Å². The van der Waals surface area contributed by atoms with Gasteiger partial charge < -0.3 is 0 Å². The van der Waals surface area contributed by atoms with Crippen molar-refractivity contribution in [3.8, 4) is 0 Å². The van der Waals surface area contributed by atoms with Gasteiger partial charge in [0.2, 0.25) is 10.0 Å². The Morgan fingerprint density at radius 3 is 1.96 bits per heavy atom. The molecule has 1 atom stereocenters. The molecule has 2 aromatic rings. The van der Waals surface area contributed by atoms with E-state index < -0.39 is 27.7 Å². The minimum absolute atomic E-state index is 0.217. The Labute approximate surface area is 148 Å². The van der Waals surface area contributed by atoms with E-state index >= 15 is 0 Å². The van der Waals surface area contributed by atoms with E-state index in [1.54, 1.807) is 13.8 Å². The first-order valence-electron chi connectivity index (χ1n) is 8.17. The van der Waals surface area contributed by atoms with E-state index in [-0.39, 0.29) is 11.3 Å². The van der Waals surface area contributed by atoms with Crippen LogP contribution in [0.4, 0.5) is 8.78 Å². The summed E-state index contributed by atoms with van der Waals surface area (Å²) in [5.74, 6) is -1.34. The van der Waals surface area contributed by atoms with Crippen molar-refractivity contribution in [2.75, 3.05) is 0 Å². The first kappa shape index (κ1) is 19.5. The average molecular weight is 367 g/mol. The van der Waals surface area contributed by atoms with E-state index in [1.807, 2.05) is 26.0 Å². The molecule has 2 rings (SSSR count). The smallest absolute Gasteiger partial charge is 0.208 e. The molecule has 0 aliphatic heterocycles. The molecule has 1 N–H and O–H groups in total. The summed E-state index contributed by atoms with van der Waals surface area (Å²) in [5.41, 5.74) is 2.77. The lowest BCUT2D eigenvalue weighted by atomic mass is 10.0. The summed E-state index contributed by atoms with van der Waals surface area (Å²) in [4.78, 5) is 0.266. The second-order valence-corrected chi connectivity index (χ2v) is 8.09. The summed E-state index contributed by atoms with van der Waals surface area (Å²) in [5, 5.41) is 0. The Balaban J connectivity index is 2.28. The monoisotopic (exact) mass is 367 g/mol. The number of rotatable bonds is 6. The zero-order valence-electron chi connectivity index (χ0n) is 14.9. The molecule has 0 saturated carbocycles. The van der Waals surface area contributed by atoms with E-state index in [0.29, 0.717) is 23.1 Å². The van der Waals surface area contributed by atoms with Gasteiger partial charge in [-0.1, -0.05) is 24.6 Å². The van der Waals surface area contributed by atoms with Gasteiger partial charge in [0.25, 0.3) is 0 Å². The summed E-state index contributed by atoms with van der Waals surface area (Å²) in [7, 11) is -3.73. The molecule has 0 aromatic heterocycles. The standard InChI is InChI=1S/C19H23F2NO2S/c1-5-18(10-15-8-16(20)11-17(21)9-15)22-25(23,24)19-13(3)6-12(2)7-14(19)4/h6-9,11,18,22H,5,10H2,1-4H3. The molecule has 136 valence electrons. The Bertz CT molecular complexity index is 836. The van der Waals surface area contributed by atoms with Crippen molar-refractivity contribution < 1.29 is 17.2 Å². The lowest BCUT2D eigenvalue weighted by Gasteiger charge is -2.20. The molecule has 0 aliphatic carbocycles. The molecule has 3 nitrogen and oxygen atoms in total. The fourth-order valence-electron chi connectivity index (χ4n) is 3.15. The molecule has 0 bridgehead atoms. The van der Waals surface area contributed by atoms with Crippen molar-refractivity contribution in [3.05, 3.63) is 64.2 Å². The van der Waals surface area contributed by atoms with Crippen LogP contribution in [0.25, 0.3) is 0 Å². The number of sulfonamides is 1. The number of aryl methyl sites for hydroxylation is 3. The SMILES string of the molecule is CCC(Cc1cc(F)cc(F)c1)NS(=O)(=O)c1c(C)cc(C)cc1C. The molecule has 1 unspecified atom stereocenters. The Morgan fingerprint density at radius 2 is 1.48 bits per heavy atom. The molecule has 0 radical (unpaired) electrons. The van der Waals surface area contributed by atoms with E-state index in [4.69, 9.17) is 0 Å². The van der Waals surface area contributed by atoms with Gasteiger partial charge in [0.15, 0.2) is 0 Å². The molecule has 6 heteroatoms. The highest BCUT2D eigenvalue weighted by Crippen LogP contribution is 2.22. The minimum atomic E-state index is -3.73.